The molecular weight excluding hydrogens is 170 g/mol. The summed E-state index contributed by atoms with van der Waals surface area (Å²) in [5, 5.41) is 8.41. The Hall–Kier alpha value is -1.10. The number of hydrogen-bond acceptors (Lipinski definition) is 3. The molecule has 0 aromatic carbocycles. The Balaban J connectivity index is 1.78. The molecule has 0 aromatic heterocycles. The largest absolute Gasteiger partial charge is 0.353 e. The van der Waals surface area contributed by atoms with Crippen molar-refractivity contribution in [3.8, 4) is 0 Å². The summed E-state index contributed by atoms with van der Waals surface area (Å²) in [6.45, 7) is 0.639. The third-order valence-electron chi connectivity index (χ3n) is 2.25. The average Bonchev–Trinajstić information content (AvgIpc) is 2.89. The smallest absolute Gasteiger partial charge is 0.239 e. The van der Waals surface area contributed by atoms with Gasteiger partial charge in [-0.2, -0.15) is 0 Å². The van der Waals surface area contributed by atoms with E-state index in [0.29, 0.717) is 12.6 Å². The van der Waals surface area contributed by atoms with Gasteiger partial charge in [0.25, 0.3) is 0 Å². The van der Waals surface area contributed by atoms with Gasteiger partial charge in [0.2, 0.25) is 11.8 Å². The Morgan fingerprint density at radius 3 is 2.77 bits per heavy atom. The van der Waals surface area contributed by atoms with Crippen LogP contribution in [-0.2, 0) is 9.59 Å². The van der Waals surface area contributed by atoms with E-state index in [0.717, 1.165) is 12.8 Å². The molecule has 13 heavy (non-hydrogen) atoms. The number of amides is 2. The second-order valence-corrected chi connectivity index (χ2v) is 3.52. The van der Waals surface area contributed by atoms with Crippen molar-refractivity contribution in [3.63, 3.8) is 0 Å². The van der Waals surface area contributed by atoms with Crippen LogP contribution >= 0.6 is 0 Å². The van der Waals surface area contributed by atoms with E-state index < -0.39 is 0 Å². The second kappa shape index (κ2) is 3.33. The molecule has 2 rings (SSSR count). The Morgan fingerprint density at radius 2 is 2.23 bits per heavy atom. The van der Waals surface area contributed by atoms with E-state index in [1.165, 1.54) is 0 Å². The van der Waals surface area contributed by atoms with Gasteiger partial charge in [0.15, 0.2) is 0 Å². The molecule has 0 aromatic rings. The second-order valence-electron chi connectivity index (χ2n) is 3.52. The predicted molar refractivity (Wildman–Crippen MR) is 46.0 cm³/mol. The van der Waals surface area contributed by atoms with Crippen molar-refractivity contribution in [1.82, 2.24) is 16.0 Å². The van der Waals surface area contributed by atoms with Gasteiger partial charge >= 0.3 is 0 Å². The summed E-state index contributed by atoms with van der Waals surface area (Å²) in [6.07, 6.45) is 2.18. The molecule has 1 aliphatic heterocycles. The van der Waals surface area contributed by atoms with Gasteiger partial charge in [-0.05, 0) is 12.8 Å². The van der Waals surface area contributed by atoms with Crippen LogP contribution in [0, 0.1) is 0 Å². The first-order valence-corrected chi connectivity index (χ1v) is 4.56. The first-order valence-electron chi connectivity index (χ1n) is 4.56. The van der Waals surface area contributed by atoms with Crippen LogP contribution in [0.1, 0.15) is 12.8 Å². The zero-order chi connectivity index (χ0) is 9.26. The molecule has 1 unspecified atom stereocenters. The van der Waals surface area contributed by atoms with Crippen molar-refractivity contribution < 1.29 is 9.59 Å². The first-order chi connectivity index (χ1) is 6.25. The summed E-state index contributed by atoms with van der Waals surface area (Å²) in [7, 11) is 0. The summed E-state index contributed by atoms with van der Waals surface area (Å²) in [6, 6.07) is 0.130. The van der Waals surface area contributed by atoms with E-state index in [-0.39, 0.29) is 24.4 Å². The average molecular weight is 183 g/mol. The Labute approximate surface area is 76.3 Å². The lowest BCUT2D eigenvalue weighted by Crippen LogP contribution is -2.58. The van der Waals surface area contributed by atoms with Gasteiger partial charge in [-0.3, -0.25) is 14.9 Å². The van der Waals surface area contributed by atoms with E-state index in [9.17, 15) is 9.59 Å². The Bertz CT molecular complexity index is 228. The summed E-state index contributed by atoms with van der Waals surface area (Å²) >= 11 is 0. The first kappa shape index (κ1) is 8.50. The Kier molecular flexibility index (Phi) is 2.18. The van der Waals surface area contributed by atoms with Gasteiger partial charge in [-0.15, -0.1) is 0 Å². The highest BCUT2D eigenvalue weighted by molar-refractivity contribution is 5.87. The van der Waals surface area contributed by atoms with Gasteiger partial charge in [0, 0.05) is 12.6 Å². The molecule has 2 fully saturated rings. The zero-order valence-corrected chi connectivity index (χ0v) is 7.30. The van der Waals surface area contributed by atoms with Gasteiger partial charge in [-0.25, -0.2) is 0 Å². The highest BCUT2D eigenvalue weighted by Gasteiger charge is 2.29. The fourth-order valence-corrected chi connectivity index (χ4v) is 1.28. The third kappa shape index (κ3) is 2.18. The van der Waals surface area contributed by atoms with Gasteiger partial charge < -0.3 is 10.6 Å². The molecule has 1 atom stereocenters. The van der Waals surface area contributed by atoms with Crippen molar-refractivity contribution in [2.24, 2.45) is 0 Å². The van der Waals surface area contributed by atoms with Crippen LogP contribution in [0.25, 0.3) is 0 Å². The minimum Gasteiger partial charge on any atom is -0.353 e. The van der Waals surface area contributed by atoms with Crippen LogP contribution in [0.5, 0.6) is 0 Å². The standard InChI is InChI=1S/C8H13N3O2/c12-7-4-9-6(3-10-7)8(13)11-5-1-2-5/h5-6,9H,1-4H2,(H,10,12)(H,11,13). The van der Waals surface area contributed by atoms with E-state index in [1.54, 1.807) is 0 Å². The summed E-state index contributed by atoms with van der Waals surface area (Å²) < 4.78 is 0. The SMILES string of the molecule is O=C1CNC(C(=O)NC2CC2)CN1. The highest BCUT2D eigenvalue weighted by Crippen LogP contribution is 2.18. The number of carbonyl (C=O) groups excluding carboxylic acids is 2. The molecule has 0 bridgehead atoms. The lowest BCUT2D eigenvalue weighted by molar-refractivity contribution is -0.126. The van der Waals surface area contributed by atoms with Crippen molar-refractivity contribution in [1.29, 1.82) is 0 Å². The molecule has 5 heteroatoms. The van der Waals surface area contributed by atoms with E-state index in [1.807, 2.05) is 0 Å². The fraction of sp³-hybridized carbons (Fsp3) is 0.750. The maximum absolute atomic E-state index is 11.4. The molecule has 1 aliphatic carbocycles. The number of hydrogen-bond donors (Lipinski definition) is 3. The molecule has 1 heterocycles. The molecular formula is C8H13N3O2. The van der Waals surface area contributed by atoms with Crippen LogP contribution < -0.4 is 16.0 Å². The summed E-state index contributed by atoms with van der Waals surface area (Å²) in [4.78, 5) is 22.2. The number of rotatable bonds is 2. The van der Waals surface area contributed by atoms with Crippen molar-refractivity contribution >= 4 is 11.8 Å². The molecule has 0 radical (unpaired) electrons. The minimum atomic E-state index is -0.252. The third-order valence-corrected chi connectivity index (χ3v) is 2.25. The molecule has 1 saturated carbocycles. The van der Waals surface area contributed by atoms with Crippen LogP contribution in [0.3, 0.4) is 0 Å². The molecule has 3 N–H and O–H groups in total. The molecule has 2 amide bonds. The highest BCUT2D eigenvalue weighted by atomic mass is 16.2. The lowest BCUT2D eigenvalue weighted by Gasteiger charge is -2.22. The quantitative estimate of drug-likeness (QED) is 0.480. The number of nitrogens with one attached hydrogen (secondary N) is 3. The van der Waals surface area contributed by atoms with Crippen molar-refractivity contribution in [2.45, 2.75) is 24.9 Å². The monoisotopic (exact) mass is 183 g/mol. The maximum atomic E-state index is 11.4. The molecule has 0 spiro atoms. The topological polar surface area (TPSA) is 70.2 Å². The Morgan fingerprint density at radius 1 is 1.46 bits per heavy atom. The predicted octanol–water partition coefficient (Wildman–Crippen LogP) is -1.65. The molecule has 5 nitrogen and oxygen atoms in total. The maximum Gasteiger partial charge on any atom is 0.239 e. The number of carbonyl (C=O) groups is 2. The zero-order valence-electron chi connectivity index (χ0n) is 7.30. The van der Waals surface area contributed by atoms with Crippen molar-refractivity contribution in [2.75, 3.05) is 13.1 Å². The summed E-state index contributed by atoms with van der Waals surface area (Å²) in [5.74, 6) is -0.0435. The molecule has 72 valence electrons. The van der Waals surface area contributed by atoms with Gasteiger partial charge in [0.05, 0.1) is 6.54 Å². The fourth-order valence-electron chi connectivity index (χ4n) is 1.28. The lowest BCUT2D eigenvalue weighted by atomic mass is 10.2. The van der Waals surface area contributed by atoms with Crippen LogP contribution in [-0.4, -0.2) is 37.0 Å². The van der Waals surface area contributed by atoms with E-state index in [2.05, 4.69) is 16.0 Å². The molecule has 2 aliphatic rings. The van der Waals surface area contributed by atoms with Crippen LogP contribution in [0.4, 0.5) is 0 Å². The minimum absolute atomic E-state index is 0.00231. The van der Waals surface area contributed by atoms with Gasteiger partial charge in [0.1, 0.15) is 6.04 Å². The van der Waals surface area contributed by atoms with E-state index in [4.69, 9.17) is 0 Å². The van der Waals surface area contributed by atoms with Gasteiger partial charge in [-0.1, -0.05) is 0 Å². The van der Waals surface area contributed by atoms with Crippen LogP contribution in [0.15, 0.2) is 0 Å². The van der Waals surface area contributed by atoms with Crippen LogP contribution in [0.2, 0.25) is 0 Å². The normalized spacial score (nSPS) is 28.0. The number of piperazine rings is 1. The summed E-state index contributed by atoms with van der Waals surface area (Å²) in [5.41, 5.74) is 0. The van der Waals surface area contributed by atoms with Crippen molar-refractivity contribution in [3.05, 3.63) is 0 Å². The molecule has 1 saturated heterocycles. The van der Waals surface area contributed by atoms with E-state index >= 15 is 0 Å².